The van der Waals surface area contributed by atoms with Gasteiger partial charge >= 0.3 is 0 Å². The van der Waals surface area contributed by atoms with Gasteiger partial charge in [0, 0.05) is 17.8 Å². The quantitative estimate of drug-likeness (QED) is 0.695. The van der Waals surface area contributed by atoms with Gasteiger partial charge < -0.3 is 5.32 Å². The lowest BCUT2D eigenvalue weighted by Crippen LogP contribution is -2.32. The molecule has 0 saturated carbocycles. The maximum atomic E-state index is 3.73. The normalized spacial score (nSPS) is 14.3. The van der Waals surface area contributed by atoms with Gasteiger partial charge in [0.05, 0.1) is 0 Å². The fourth-order valence-electron chi connectivity index (χ4n) is 2.29. The average molecular weight is 279 g/mol. The molecule has 0 spiro atoms. The number of hydrogen-bond acceptors (Lipinski definition) is 2. The molecule has 1 aromatic rings. The minimum absolute atomic E-state index is 0.442. The average Bonchev–Trinajstić information content (AvgIpc) is 2.45. The molecule has 1 aromatic carbocycles. The molecule has 19 heavy (non-hydrogen) atoms. The highest BCUT2D eigenvalue weighted by Gasteiger charge is 2.11. The van der Waals surface area contributed by atoms with Gasteiger partial charge in [-0.05, 0) is 43.6 Å². The number of thioether (sulfide) groups is 1. The summed E-state index contributed by atoms with van der Waals surface area (Å²) in [5.74, 6) is 1.19. The molecule has 2 heteroatoms. The molecule has 0 aliphatic heterocycles. The fraction of sp³-hybridized carbons (Fsp3) is 0.647. The lowest BCUT2D eigenvalue weighted by molar-refractivity contribution is 0.475. The summed E-state index contributed by atoms with van der Waals surface area (Å²) in [7, 11) is 0. The number of unbranched alkanes of at least 4 members (excludes halogenated alkanes) is 1. The molecule has 0 fully saturated rings. The number of hydrogen-bond donors (Lipinski definition) is 1. The van der Waals surface area contributed by atoms with E-state index in [1.807, 2.05) is 11.8 Å². The molecule has 0 heterocycles. The molecule has 0 amide bonds. The Labute approximate surface area is 123 Å². The summed E-state index contributed by atoms with van der Waals surface area (Å²) >= 11 is 1.92. The Kier molecular flexibility index (Phi) is 8.24. The smallest absolute Gasteiger partial charge is 0.0294 e. The number of rotatable bonds is 9. The molecule has 2 atom stereocenters. The van der Waals surface area contributed by atoms with Crippen LogP contribution in [0.2, 0.25) is 0 Å². The van der Waals surface area contributed by atoms with E-state index in [0.717, 1.165) is 0 Å². The topological polar surface area (TPSA) is 12.0 Å². The van der Waals surface area contributed by atoms with Crippen molar-refractivity contribution in [2.45, 2.75) is 58.5 Å². The zero-order chi connectivity index (χ0) is 14.1. The molecule has 0 aromatic heterocycles. The van der Waals surface area contributed by atoms with Gasteiger partial charge in [-0.1, -0.05) is 44.5 Å². The largest absolute Gasteiger partial charge is 0.307 e. The molecule has 108 valence electrons. The zero-order valence-electron chi connectivity index (χ0n) is 12.9. The summed E-state index contributed by atoms with van der Waals surface area (Å²) in [6, 6.07) is 10.2. The van der Waals surface area contributed by atoms with Crippen molar-refractivity contribution in [3.63, 3.8) is 0 Å². The minimum atomic E-state index is 0.442. The second kappa shape index (κ2) is 9.44. The van der Waals surface area contributed by atoms with Crippen LogP contribution in [0.3, 0.4) is 0 Å². The van der Waals surface area contributed by atoms with Gasteiger partial charge in [-0.3, -0.25) is 0 Å². The maximum absolute atomic E-state index is 3.73. The van der Waals surface area contributed by atoms with Crippen LogP contribution < -0.4 is 5.32 Å². The summed E-state index contributed by atoms with van der Waals surface area (Å²) in [5.41, 5.74) is 2.87. The van der Waals surface area contributed by atoms with Crippen LogP contribution in [0.1, 0.15) is 57.2 Å². The lowest BCUT2D eigenvalue weighted by Gasteiger charge is -2.22. The second-order valence-corrected chi connectivity index (χ2v) is 6.20. The van der Waals surface area contributed by atoms with Crippen LogP contribution in [0.25, 0.3) is 0 Å². The van der Waals surface area contributed by atoms with Crippen LogP contribution >= 0.6 is 11.8 Å². The standard InChI is InChI=1S/C17H29NS/c1-5-7-8-15-9-11-16(12-10-15)14(3)18-17(6-2)13-19-4/h9-12,14,17-18H,5-8,13H2,1-4H3. The summed E-state index contributed by atoms with van der Waals surface area (Å²) in [5, 5.41) is 3.73. The van der Waals surface area contributed by atoms with Crippen molar-refractivity contribution < 1.29 is 0 Å². The molecular weight excluding hydrogens is 250 g/mol. The molecular formula is C17H29NS. The van der Waals surface area contributed by atoms with Crippen LogP contribution in [0.15, 0.2) is 24.3 Å². The molecule has 1 rings (SSSR count). The highest BCUT2D eigenvalue weighted by atomic mass is 32.2. The Morgan fingerprint density at radius 2 is 1.84 bits per heavy atom. The fourth-order valence-corrected chi connectivity index (χ4v) is 3.02. The first-order valence-corrected chi connectivity index (χ1v) is 8.94. The summed E-state index contributed by atoms with van der Waals surface area (Å²) in [4.78, 5) is 0. The van der Waals surface area contributed by atoms with E-state index >= 15 is 0 Å². The molecule has 0 radical (unpaired) electrons. The summed E-state index contributed by atoms with van der Waals surface area (Å²) in [6.45, 7) is 6.77. The predicted molar refractivity (Wildman–Crippen MR) is 89.1 cm³/mol. The second-order valence-electron chi connectivity index (χ2n) is 5.29. The van der Waals surface area contributed by atoms with Gasteiger partial charge in [0.2, 0.25) is 0 Å². The molecule has 0 aliphatic rings. The van der Waals surface area contributed by atoms with Gasteiger partial charge in [-0.25, -0.2) is 0 Å². The van der Waals surface area contributed by atoms with Crippen molar-refractivity contribution in [2.75, 3.05) is 12.0 Å². The van der Waals surface area contributed by atoms with Crippen molar-refractivity contribution in [2.24, 2.45) is 0 Å². The highest BCUT2D eigenvalue weighted by Crippen LogP contribution is 2.16. The van der Waals surface area contributed by atoms with Crippen molar-refractivity contribution in [3.8, 4) is 0 Å². The first kappa shape index (κ1) is 16.6. The Bertz CT molecular complexity index is 334. The first-order chi connectivity index (χ1) is 9.21. The van der Waals surface area contributed by atoms with Gasteiger partial charge in [0.25, 0.3) is 0 Å². The van der Waals surface area contributed by atoms with Gasteiger partial charge in [0.15, 0.2) is 0 Å². The highest BCUT2D eigenvalue weighted by molar-refractivity contribution is 7.98. The van der Waals surface area contributed by atoms with E-state index in [-0.39, 0.29) is 0 Å². The van der Waals surface area contributed by atoms with E-state index in [2.05, 4.69) is 56.6 Å². The van der Waals surface area contributed by atoms with E-state index in [0.29, 0.717) is 12.1 Å². The van der Waals surface area contributed by atoms with Crippen LogP contribution in [0, 0.1) is 0 Å². The van der Waals surface area contributed by atoms with Crippen molar-refractivity contribution in [1.82, 2.24) is 5.32 Å². The summed E-state index contributed by atoms with van der Waals surface area (Å²) in [6.07, 6.45) is 7.14. The van der Waals surface area contributed by atoms with Crippen LogP contribution in [0.5, 0.6) is 0 Å². The third kappa shape index (κ3) is 6.01. The zero-order valence-corrected chi connectivity index (χ0v) is 13.7. The molecule has 2 unspecified atom stereocenters. The molecule has 0 bridgehead atoms. The van der Waals surface area contributed by atoms with E-state index < -0.39 is 0 Å². The van der Waals surface area contributed by atoms with E-state index in [4.69, 9.17) is 0 Å². The third-order valence-electron chi connectivity index (χ3n) is 3.65. The Hall–Kier alpha value is -0.470. The Balaban J connectivity index is 2.54. The Morgan fingerprint density at radius 1 is 1.16 bits per heavy atom. The summed E-state index contributed by atoms with van der Waals surface area (Å²) < 4.78 is 0. The van der Waals surface area contributed by atoms with Crippen LogP contribution in [0.4, 0.5) is 0 Å². The van der Waals surface area contributed by atoms with E-state index in [9.17, 15) is 0 Å². The molecule has 1 nitrogen and oxygen atoms in total. The van der Waals surface area contributed by atoms with Crippen molar-refractivity contribution >= 4 is 11.8 Å². The molecule has 1 N–H and O–H groups in total. The van der Waals surface area contributed by atoms with Gasteiger partial charge in [0.1, 0.15) is 0 Å². The van der Waals surface area contributed by atoms with Crippen molar-refractivity contribution in [1.29, 1.82) is 0 Å². The maximum Gasteiger partial charge on any atom is 0.0294 e. The minimum Gasteiger partial charge on any atom is -0.307 e. The Morgan fingerprint density at radius 3 is 2.37 bits per heavy atom. The molecule has 0 aliphatic carbocycles. The van der Waals surface area contributed by atoms with Gasteiger partial charge in [-0.15, -0.1) is 0 Å². The monoisotopic (exact) mass is 279 g/mol. The van der Waals surface area contributed by atoms with Gasteiger partial charge in [-0.2, -0.15) is 11.8 Å². The van der Waals surface area contributed by atoms with Crippen LogP contribution in [-0.4, -0.2) is 18.1 Å². The third-order valence-corrected chi connectivity index (χ3v) is 4.38. The molecule has 0 saturated heterocycles. The van der Waals surface area contributed by atoms with Crippen molar-refractivity contribution in [3.05, 3.63) is 35.4 Å². The number of aryl methyl sites for hydroxylation is 1. The number of benzene rings is 1. The van der Waals surface area contributed by atoms with E-state index in [1.165, 1.54) is 42.6 Å². The lowest BCUT2D eigenvalue weighted by atomic mass is 10.0. The SMILES string of the molecule is CCCCc1ccc(C(C)NC(CC)CSC)cc1. The first-order valence-electron chi connectivity index (χ1n) is 7.55. The van der Waals surface area contributed by atoms with E-state index in [1.54, 1.807) is 0 Å². The van der Waals surface area contributed by atoms with Crippen LogP contribution in [-0.2, 0) is 6.42 Å². The number of nitrogens with one attached hydrogen (secondary N) is 1. The predicted octanol–water partition coefficient (Wildman–Crippen LogP) is 4.82.